The number of benzene rings is 2. The molecule has 0 amide bonds. The summed E-state index contributed by atoms with van der Waals surface area (Å²) in [7, 11) is 0. The maximum atomic E-state index is 3.44. The Labute approximate surface area is 116 Å². The van der Waals surface area contributed by atoms with Crippen molar-refractivity contribution < 1.29 is 0 Å². The highest BCUT2D eigenvalue weighted by molar-refractivity contribution is 5.59. The van der Waals surface area contributed by atoms with Crippen LogP contribution >= 0.6 is 0 Å². The Hall–Kier alpha value is -1.80. The second kappa shape index (κ2) is 6.95. The number of nitrogens with zero attached hydrogens (tertiary/aromatic N) is 1. The predicted octanol–water partition coefficient (Wildman–Crippen LogP) is 4.27. The number of nitrogens with one attached hydrogen (secondary N) is 1. The van der Waals surface area contributed by atoms with Crippen LogP contribution in [0.3, 0.4) is 0 Å². The number of para-hydroxylation sites is 1. The minimum Gasteiger partial charge on any atom is -0.356 e. The molecule has 0 aromatic heterocycles. The molecule has 2 aromatic carbocycles. The summed E-state index contributed by atoms with van der Waals surface area (Å²) in [6, 6.07) is 18.9. The van der Waals surface area contributed by atoms with E-state index >= 15 is 0 Å². The molecule has 0 aliphatic carbocycles. The Kier molecular flexibility index (Phi) is 4.99. The van der Waals surface area contributed by atoms with Crippen LogP contribution in [-0.2, 0) is 6.54 Å². The second-order valence-corrected chi connectivity index (χ2v) is 4.65. The van der Waals surface area contributed by atoms with Crippen molar-refractivity contribution in [2.75, 3.05) is 18.4 Å². The highest BCUT2D eigenvalue weighted by atomic mass is 15.1. The first kappa shape index (κ1) is 13.6. The van der Waals surface area contributed by atoms with Gasteiger partial charge in [0.15, 0.2) is 0 Å². The second-order valence-electron chi connectivity index (χ2n) is 4.65. The van der Waals surface area contributed by atoms with Crippen LogP contribution in [0.4, 0.5) is 11.4 Å². The lowest BCUT2D eigenvalue weighted by molar-refractivity contribution is 0.296. The molecule has 0 atom stereocenters. The van der Waals surface area contributed by atoms with E-state index in [9.17, 15) is 0 Å². The van der Waals surface area contributed by atoms with Crippen molar-refractivity contribution >= 4 is 11.4 Å². The maximum Gasteiger partial charge on any atom is 0.0387 e. The Morgan fingerprint density at radius 3 is 2.21 bits per heavy atom. The van der Waals surface area contributed by atoms with E-state index in [0.29, 0.717) is 0 Å². The molecule has 1 N–H and O–H groups in total. The maximum absolute atomic E-state index is 3.44. The Morgan fingerprint density at radius 2 is 1.53 bits per heavy atom. The molecule has 0 radical (unpaired) electrons. The molecule has 2 heteroatoms. The molecule has 0 bridgehead atoms. The van der Waals surface area contributed by atoms with Gasteiger partial charge in [0.2, 0.25) is 0 Å². The highest BCUT2D eigenvalue weighted by Gasteiger charge is 2.02. The third-order valence-electron chi connectivity index (χ3n) is 3.29. The Balaban J connectivity index is 2.07. The van der Waals surface area contributed by atoms with Crippen LogP contribution in [0.25, 0.3) is 0 Å². The van der Waals surface area contributed by atoms with Crippen LogP contribution in [0.1, 0.15) is 19.4 Å². The Bertz CT molecular complexity index is 490. The van der Waals surface area contributed by atoms with Gasteiger partial charge in [0.25, 0.3) is 0 Å². The molecule has 2 aromatic rings. The van der Waals surface area contributed by atoms with Crippen molar-refractivity contribution in [3.63, 3.8) is 0 Å². The van der Waals surface area contributed by atoms with Crippen molar-refractivity contribution in [2.45, 2.75) is 20.4 Å². The van der Waals surface area contributed by atoms with Gasteiger partial charge in [-0.15, -0.1) is 0 Å². The smallest absolute Gasteiger partial charge is 0.0387 e. The first-order valence-electron chi connectivity index (χ1n) is 6.95. The van der Waals surface area contributed by atoms with Gasteiger partial charge >= 0.3 is 0 Å². The summed E-state index contributed by atoms with van der Waals surface area (Å²) in [5.74, 6) is 0. The molecule has 0 saturated heterocycles. The van der Waals surface area contributed by atoms with Crippen LogP contribution in [0.5, 0.6) is 0 Å². The zero-order valence-corrected chi connectivity index (χ0v) is 11.8. The fourth-order valence-corrected chi connectivity index (χ4v) is 2.14. The predicted molar refractivity (Wildman–Crippen MR) is 82.8 cm³/mol. The van der Waals surface area contributed by atoms with Gasteiger partial charge < -0.3 is 5.32 Å². The topological polar surface area (TPSA) is 15.3 Å². The van der Waals surface area contributed by atoms with E-state index in [4.69, 9.17) is 0 Å². The minimum absolute atomic E-state index is 1.01. The molecule has 0 fully saturated rings. The monoisotopic (exact) mass is 254 g/mol. The van der Waals surface area contributed by atoms with E-state index in [1.165, 1.54) is 5.56 Å². The molecule has 0 spiro atoms. The molecule has 0 saturated carbocycles. The fourth-order valence-electron chi connectivity index (χ4n) is 2.14. The average molecular weight is 254 g/mol. The van der Waals surface area contributed by atoms with Crippen molar-refractivity contribution in [2.24, 2.45) is 0 Å². The third-order valence-corrected chi connectivity index (χ3v) is 3.29. The Morgan fingerprint density at radius 1 is 0.842 bits per heavy atom. The van der Waals surface area contributed by atoms with Crippen molar-refractivity contribution in [1.82, 2.24) is 4.90 Å². The van der Waals surface area contributed by atoms with E-state index in [2.05, 4.69) is 60.5 Å². The normalized spacial score (nSPS) is 10.7. The summed E-state index contributed by atoms with van der Waals surface area (Å²) in [4.78, 5) is 2.42. The standard InChI is InChI=1S/C17H22N2/c1-3-19(4-2)14-15-9-8-12-17(13-15)18-16-10-6-5-7-11-16/h5-13,18H,3-4,14H2,1-2H3. The molecule has 19 heavy (non-hydrogen) atoms. The fraction of sp³-hybridized carbons (Fsp3) is 0.294. The number of hydrogen-bond acceptors (Lipinski definition) is 2. The largest absolute Gasteiger partial charge is 0.356 e. The summed E-state index contributed by atoms with van der Waals surface area (Å²) >= 11 is 0. The summed E-state index contributed by atoms with van der Waals surface area (Å²) in [5, 5.41) is 3.44. The molecule has 0 heterocycles. The van der Waals surface area contributed by atoms with Gasteiger partial charge in [-0.25, -0.2) is 0 Å². The number of anilines is 2. The van der Waals surface area contributed by atoms with Crippen LogP contribution < -0.4 is 5.32 Å². The molecule has 0 aliphatic heterocycles. The zero-order valence-electron chi connectivity index (χ0n) is 11.8. The minimum atomic E-state index is 1.01. The zero-order chi connectivity index (χ0) is 13.5. The molecule has 2 nitrogen and oxygen atoms in total. The molecular formula is C17H22N2. The third kappa shape index (κ3) is 4.11. The van der Waals surface area contributed by atoms with Gasteiger partial charge in [-0.3, -0.25) is 4.90 Å². The van der Waals surface area contributed by atoms with E-state index in [1.54, 1.807) is 0 Å². The number of rotatable bonds is 6. The van der Waals surface area contributed by atoms with E-state index in [1.807, 2.05) is 18.2 Å². The van der Waals surface area contributed by atoms with E-state index < -0.39 is 0 Å². The van der Waals surface area contributed by atoms with Gasteiger partial charge in [0, 0.05) is 17.9 Å². The van der Waals surface area contributed by atoms with Crippen LogP contribution in [0.2, 0.25) is 0 Å². The van der Waals surface area contributed by atoms with Crippen LogP contribution in [0.15, 0.2) is 54.6 Å². The lowest BCUT2D eigenvalue weighted by Gasteiger charge is -2.18. The van der Waals surface area contributed by atoms with Crippen molar-refractivity contribution in [3.05, 3.63) is 60.2 Å². The van der Waals surface area contributed by atoms with E-state index in [0.717, 1.165) is 31.0 Å². The average Bonchev–Trinajstić information content (AvgIpc) is 2.46. The quantitative estimate of drug-likeness (QED) is 0.828. The highest BCUT2D eigenvalue weighted by Crippen LogP contribution is 2.18. The van der Waals surface area contributed by atoms with Gasteiger partial charge in [-0.05, 0) is 42.9 Å². The summed E-state index contributed by atoms with van der Waals surface area (Å²) in [5.41, 5.74) is 3.63. The first-order valence-corrected chi connectivity index (χ1v) is 6.95. The lowest BCUT2D eigenvalue weighted by Crippen LogP contribution is -2.22. The first-order chi connectivity index (χ1) is 9.31. The molecular weight excluding hydrogens is 232 g/mol. The van der Waals surface area contributed by atoms with Gasteiger partial charge in [-0.1, -0.05) is 44.2 Å². The lowest BCUT2D eigenvalue weighted by atomic mass is 10.2. The summed E-state index contributed by atoms with van der Waals surface area (Å²) in [6.07, 6.45) is 0. The number of hydrogen-bond donors (Lipinski definition) is 1. The molecule has 0 aliphatic rings. The van der Waals surface area contributed by atoms with Crippen molar-refractivity contribution in [3.8, 4) is 0 Å². The summed E-state index contributed by atoms with van der Waals surface area (Å²) < 4.78 is 0. The van der Waals surface area contributed by atoms with Gasteiger partial charge in [-0.2, -0.15) is 0 Å². The van der Waals surface area contributed by atoms with Crippen LogP contribution in [-0.4, -0.2) is 18.0 Å². The SMILES string of the molecule is CCN(CC)Cc1cccc(Nc2ccccc2)c1. The molecule has 2 rings (SSSR count). The van der Waals surface area contributed by atoms with Crippen LogP contribution in [0, 0.1) is 0 Å². The summed E-state index contributed by atoms with van der Waals surface area (Å²) in [6.45, 7) is 7.60. The van der Waals surface area contributed by atoms with Crippen molar-refractivity contribution in [1.29, 1.82) is 0 Å². The van der Waals surface area contributed by atoms with E-state index in [-0.39, 0.29) is 0 Å². The van der Waals surface area contributed by atoms with Gasteiger partial charge in [0.05, 0.1) is 0 Å². The molecule has 0 unspecified atom stereocenters. The molecule has 100 valence electrons. The van der Waals surface area contributed by atoms with Gasteiger partial charge in [0.1, 0.15) is 0 Å².